The molecule has 280 valence electrons. The van der Waals surface area contributed by atoms with Crippen molar-refractivity contribution in [1.29, 1.82) is 0 Å². The zero-order valence-electron chi connectivity index (χ0n) is 33.6. The number of hydrogen-bond donors (Lipinski definition) is 0. The molecule has 0 saturated heterocycles. The zero-order chi connectivity index (χ0) is 38.8. The van der Waals surface area contributed by atoms with Crippen LogP contribution in [0.4, 0.5) is 0 Å². The van der Waals surface area contributed by atoms with Crippen LogP contribution in [0.25, 0.3) is 78.0 Å². The number of aryl methyl sites for hydroxylation is 8. The van der Waals surface area contributed by atoms with Gasteiger partial charge in [0.05, 0.1) is 40.3 Å². The van der Waals surface area contributed by atoms with Crippen molar-refractivity contribution in [3.63, 3.8) is 0 Å². The highest BCUT2D eigenvalue weighted by Crippen LogP contribution is 2.52. The summed E-state index contributed by atoms with van der Waals surface area (Å²) in [5.41, 5.74) is 28.6. The largest absolute Gasteiger partial charge is 0.311 e. The Morgan fingerprint density at radius 1 is 0.483 bits per heavy atom. The second-order valence-electron chi connectivity index (χ2n) is 17.0. The molecule has 3 aliphatic carbocycles. The molecule has 12 rings (SSSR count). The van der Waals surface area contributed by atoms with Crippen molar-refractivity contribution in [2.24, 2.45) is 0 Å². The van der Waals surface area contributed by atoms with Gasteiger partial charge in [-0.25, -0.2) is 0 Å². The molecule has 0 fully saturated rings. The lowest BCUT2D eigenvalue weighted by Crippen LogP contribution is -2.16. The van der Waals surface area contributed by atoms with Gasteiger partial charge < -0.3 is 9.13 Å². The second-order valence-corrected chi connectivity index (χ2v) is 17.0. The summed E-state index contributed by atoms with van der Waals surface area (Å²) in [6.45, 7) is 8.85. The van der Waals surface area contributed by atoms with Gasteiger partial charge in [0, 0.05) is 39.8 Å². The number of fused-ring (bicyclic) bond motifs is 8. The van der Waals surface area contributed by atoms with Gasteiger partial charge in [-0.05, 0) is 199 Å². The normalized spacial score (nSPS) is 14.2. The van der Waals surface area contributed by atoms with Gasteiger partial charge in [-0.2, -0.15) is 0 Å². The fraction of sp³-hybridized carbons (Fsp3) is 0.185. The van der Waals surface area contributed by atoms with Crippen LogP contribution in [0.3, 0.4) is 0 Å². The molecule has 0 amide bonds. The minimum atomic E-state index is 0.985. The van der Waals surface area contributed by atoms with Crippen LogP contribution in [-0.4, -0.2) is 19.1 Å². The summed E-state index contributed by atoms with van der Waals surface area (Å²) in [6, 6.07) is 34.7. The molecule has 0 radical (unpaired) electrons. The topological polar surface area (TPSA) is 35.6 Å². The van der Waals surface area contributed by atoms with E-state index in [9.17, 15) is 0 Å². The lowest BCUT2D eigenvalue weighted by molar-refractivity contribution is 0.869. The SMILES string of the molecule is Cc1ccc(C2=Cc3c(n(-c4cccnc4)c4c5c6c(cc34)CCc3cc4c7cc(-c8ccc(C)c(C)c8)ccc7n(-c7cccnc7)c4c(c3-6)CC5)CC2)cc1C. The Labute approximate surface area is 339 Å². The van der Waals surface area contributed by atoms with E-state index in [2.05, 4.69) is 150 Å². The Balaban J connectivity index is 1.13. The third-order valence-electron chi connectivity index (χ3n) is 13.8. The molecule has 0 aliphatic heterocycles. The van der Waals surface area contributed by atoms with Crippen molar-refractivity contribution in [2.75, 3.05) is 0 Å². The molecular formula is C54H44N4. The highest BCUT2D eigenvalue weighted by molar-refractivity contribution is 6.14. The molecule has 4 heteroatoms. The Kier molecular flexibility index (Phi) is 7.24. The molecule has 58 heavy (non-hydrogen) atoms. The molecule has 0 bridgehead atoms. The van der Waals surface area contributed by atoms with E-state index in [1.165, 1.54) is 122 Å². The summed E-state index contributed by atoms with van der Waals surface area (Å²) in [6.07, 6.45) is 16.5. The predicted octanol–water partition coefficient (Wildman–Crippen LogP) is 12.8. The maximum absolute atomic E-state index is 4.65. The summed E-state index contributed by atoms with van der Waals surface area (Å²) < 4.78 is 5.09. The number of aromatic nitrogens is 4. The van der Waals surface area contributed by atoms with Crippen LogP contribution in [0.5, 0.6) is 0 Å². The van der Waals surface area contributed by atoms with Crippen molar-refractivity contribution < 1.29 is 0 Å². The first kappa shape index (κ1) is 33.6. The highest BCUT2D eigenvalue weighted by atomic mass is 15.0. The Hall–Kier alpha value is -6.52. The van der Waals surface area contributed by atoms with Crippen molar-refractivity contribution in [1.82, 2.24) is 19.1 Å². The van der Waals surface area contributed by atoms with Gasteiger partial charge in [0.25, 0.3) is 0 Å². The van der Waals surface area contributed by atoms with Gasteiger partial charge in [0.15, 0.2) is 0 Å². The number of nitrogens with zero attached hydrogens (tertiary/aromatic N) is 4. The summed E-state index contributed by atoms with van der Waals surface area (Å²) >= 11 is 0. The monoisotopic (exact) mass is 748 g/mol. The smallest absolute Gasteiger partial charge is 0.0645 e. The van der Waals surface area contributed by atoms with Crippen LogP contribution in [0.2, 0.25) is 0 Å². The number of hydrogen-bond acceptors (Lipinski definition) is 2. The zero-order valence-corrected chi connectivity index (χ0v) is 33.6. The molecule has 4 nitrogen and oxygen atoms in total. The molecule has 4 aromatic heterocycles. The minimum absolute atomic E-state index is 0.985. The number of pyridine rings is 2. The van der Waals surface area contributed by atoms with E-state index < -0.39 is 0 Å². The van der Waals surface area contributed by atoms with E-state index in [4.69, 9.17) is 0 Å². The summed E-state index contributed by atoms with van der Waals surface area (Å²) in [4.78, 5) is 9.28. The first-order valence-corrected chi connectivity index (χ1v) is 20.9. The Morgan fingerprint density at radius 2 is 1.07 bits per heavy atom. The summed E-state index contributed by atoms with van der Waals surface area (Å²) in [5.74, 6) is 0. The fourth-order valence-corrected chi connectivity index (χ4v) is 10.7. The van der Waals surface area contributed by atoms with Crippen molar-refractivity contribution >= 4 is 44.4 Å². The molecular weight excluding hydrogens is 705 g/mol. The molecule has 5 aromatic carbocycles. The van der Waals surface area contributed by atoms with E-state index in [0.29, 0.717) is 0 Å². The minimum Gasteiger partial charge on any atom is -0.311 e. The third-order valence-corrected chi connectivity index (χ3v) is 13.8. The van der Waals surface area contributed by atoms with Gasteiger partial charge in [-0.15, -0.1) is 0 Å². The lowest BCUT2D eigenvalue weighted by atomic mass is 9.73. The molecule has 4 heterocycles. The van der Waals surface area contributed by atoms with Crippen molar-refractivity contribution in [2.45, 2.75) is 66.2 Å². The predicted molar refractivity (Wildman–Crippen MR) is 240 cm³/mol. The van der Waals surface area contributed by atoms with E-state index in [0.717, 1.165) is 49.9 Å². The van der Waals surface area contributed by atoms with Crippen molar-refractivity contribution in [3.8, 4) is 33.6 Å². The van der Waals surface area contributed by atoms with E-state index in [1.807, 2.05) is 18.6 Å². The Morgan fingerprint density at radius 3 is 1.72 bits per heavy atom. The maximum Gasteiger partial charge on any atom is 0.0645 e. The van der Waals surface area contributed by atoms with Gasteiger partial charge in [0.1, 0.15) is 0 Å². The molecule has 0 spiro atoms. The molecule has 0 N–H and O–H groups in total. The summed E-state index contributed by atoms with van der Waals surface area (Å²) in [5, 5.41) is 4.06. The van der Waals surface area contributed by atoms with Crippen LogP contribution >= 0.6 is 0 Å². The molecule has 9 aromatic rings. The average molecular weight is 749 g/mol. The number of rotatable bonds is 4. The van der Waals surface area contributed by atoms with Gasteiger partial charge in [0.2, 0.25) is 0 Å². The average Bonchev–Trinajstić information content (AvgIpc) is 3.77. The van der Waals surface area contributed by atoms with Crippen molar-refractivity contribution in [3.05, 3.63) is 177 Å². The Bertz CT molecular complexity index is 3250. The maximum atomic E-state index is 4.65. The lowest BCUT2D eigenvalue weighted by Gasteiger charge is -2.31. The van der Waals surface area contributed by atoms with E-state index in [-0.39, 0.29) is 0 Å². The van der Waals surface area contributed by atoms with Crippen LogP contribution in [0.1, 0.15) is 67.7 Å². The second kappa shape index (κ2) is 12.5. The van der Waals surface area contributed by atoms with Gasteiger partial charge in [-0.3, -0.25) is 9.97 Å². The van der Waals surface area contributed by atoms with Crippen LogP contribution in [-0.2, 0) is 32.1 Å². The van der Waals surface area contributed by atoms with Crippen LogP contribution in [0, 0.1) is 27.7 Å². The molecule has 3 aliphatic rings. The standard InChI is InChI=1S/C54H44N4/c1-31-9-11-35(23-33(31)3)37-15-19-49-45(25-37)47-27-39-13-14-40-28-48-46-26-38(36-12-10-32(2)34(4)24-36)16-20-50(46)58(42-8-6-22-56-30-42)54(48)44-18-17-43(51(39)52(40)44)53(47)57(49)41-7-5-21-55-29-41/h5-12,15,19,21-30H,13-14,16-18,20H2,1-4H3. The van der Waals surface area contributed by atoms with Gasteiger partial charge >= 0.3 is 0 Å². The number of allylic oxidation sites excluding steroid dienone is 1. The highest BCUT2D eigenvalue weighted by Gasteiger charge is 2.34. The van der Waals surface area contributed by atoms with E-state index in [1.54, 1.807) is 0 Å². The molecule has 0 atom stereocenters. The van der Waals surface area contributed by atoms with Gasteiger partial charge in [-0.1, -0.05) is 42.5 Å². The quantitative estimate of drug-likeness (QED) is 0.180. The fourth-order valence-electron chi connectivity index (χ4n) is 10.7. The molecule has 0 saturated carbocycles. The van der Waals surface area contributed by atoms with Crippen LogP contribution in [0.15, 0.2) is 116 Å². The first-order valence-electron chi connectivity index (χ1n) is 20.9. The van der Waals surface area contributed by atoms with E-state index >= 15 is 0 Å². The first-order chi connectivity index (χ1) is 28.4. The summed E-state index contributed by atoms with van der Waals surface area (Å²) in [7, 11) is 0. The van der Waals surface area contributed by atoms with Crippen LogP contribution < -0.4 is 0 Å². The number of benzene rings is 5. The third kappa shape index (κ3) is 4.81. The molecule has 0 unspecified atom stereocenters.